The molecule has 1 unspecified atom stereocenters. The van der Waals surface area contributed by atoms with Gasteiger partial charge in [0.1, 0.15) is 6.04 Å². The third-order valence-electron chi connectivity index (χ3n) is 2.96. The van der Waals surface area contributed by atoms with Crippen LogP contribution in [0, 0.1) is 0 Å². The number of nitrogens with zero attached hydrogens (tertiary/aromatic N) is 1. The lowest BCUT2D eigenvalue weighted by atomic mass is 10.0. The molecular weight excluding hydrogens is 250 g/mol. The summed E-state index contributed by atoms with van der Waals surface area (Å²) in [6.07, 6.45) is 0. The van der Waals surface area contributed by atoms with Crippen LogP contribution in [0.4, 0.5) is 0 Å². The molecule has 0 aliphatic rings. The summed E-state index contributed by atoms with van der Waals surface area (Å²) in [4.78, 5) is 16.1. The standard InChI is InChI=1S/C17H17NO2/c1-13(17(19)20-2)18-16(14-9-5-3-6-10-14)15-11-7-4-8-12-15/h3-13H,1-2H3. The molecule has 20 heavy (non-hydrogen) atoms. The first kappa shape index (κ1) is 14.0. The molecule has 102 valence electrons. The molecule has 0 radical (unpaired) electrons. The highest BCUT2D eigenvalue weighted by atomic mass is 16.5. The summed E-state index contributed by atoms with van der Waals surface area (Å²) < 4.78 is 4.74. The van der Waals surface area contributed by atoms with Gasteiger partial charge in [-0.3, -0.25) is 4.99 Å². The predicted octanol–water partition coefficient (Wildman–Crippen LogP) is 3.09. The van der Waals surface area contributed by atoms with Crippen molar-refractivity contribution in [3.63, 3.8) is 0 Å². The second kappa shape index (κ2) is 6.66. The second-order valence-electron chi connectivity index (χ2n) is 4.41. The van der Waals surface area contributed by atoms with Crippen molar-refractivity contribution in [2.75, 3.05) is 7.11 Å². The Labute approximate surface area is 118 Å². The molecule has 0 saturated heterocycles. The second-order valence-corrected chi connectivity index (χ2v) is 4.41. The van der Waals surface area contributed by atoms with Crippen LogP contribution in [-0.2, 0) is 9.53 Å². The molecular formula is C17H17NO2. The van der Waals surface area contributed by atoms with E-state index in [1.807, 2.05) is 60.7 Å². The Morgan fingerprint density at radius 3 is 1.80 bits per heavy atom. The van der Waals surface area contributed by atoms with Gasteiger partial charge in [-0.15, -0.1) is 0 Å². The smallest absolute Gasteiger partial charge is 0.330 e. The molecule has 0 spiro atoms. The molecule has 2 aromatic rings. The van der Waals surface area contributed by atoms with Gasteiger partial charge in [0.2, 0.25) is 0 Å². The molecule has 2 aromatic carbocycles. The number of esters is 1. The van der Waals surface area contributed by atoms with Crippen molar-refractivity contribution in [2.45, 2.75) is 13.0 Å². The Kier molecular flexibility index (Phi) is 4.66. The number of hydrogen-bond donors (Lipinski definition) is 0. The first-order chi connectivity index (χ1) is 9.72. The van der Waals surface area contributed by atoms with Crippen molar-refractivity contribution < 1.29 is 9.53 Å². The van der Waals surface area contributed by atoms with Crippen LogP contribution in [0.3, 0.4) is 0 Å². The number of hydrogen-bond acceptors (Lipinski definition) is 3. The quantitative estimate of drug-likeness (QED) is 0.630. The van der Waals surface area contributed by atoms with Crippen molar-refractivity contribution in [2.24, 2.45) is 4.99 Å². The van der Waals surface area contributed by atoms with E-state index < -0.39 is 6.04 Å². The third-order valence-corrected chi connectivity index (χ3v) is 2.96. The molecule has 0 aromatic heterocycles. The van der Waals surface area contributed by atoms with Gasteiger partial charge in [-0.1, -0.05) is 60.7 Å². The van der Waals surface area contributed by atoms with Crippen LogP contribution in [0.25, 0.3) is 0 Å². The van der Waals surface area contributed by atoms with Crippen molar-refractivity contribution in [3.05, 3.63) is 71.8 Å². The van der Waals surface area contributed by atoms with Crippen LogP contribution in [0.1, 0.15) is 18.1 Å². The maximum atomic E-state index is 11.6. The van der Waals surface area contributed by atoms with E-state index in [0.717, 1.165) is 16.8 Å². The molecule has 0 aliphatic heterocycles. The third kappa shape index (κ3) is 3.32. The molecule has 1 atom stereocenters. The molecule has 0 bridgehead atoms. The van der Waals surface area contributed by atoms with E-state index in [9.17, 15) is 4.79 Å². The van der Waals surface area contributed by atoms with E-state index in [1.54, 1.807) is 6.92 Å². The minimum Gasteiger partial charge on any atom is -0.467 e. The lowest BCUT2D eigenvalue weighted by Crippen LogP contribution is -2.19. The SMILES string of the molecule is COC(=O)C(C)N=C(c1ccccc1)c1ccccc1. The van der Waals surface area contributed by atoms with Gasteiger partial charge in [-0.25, -0.2) is 4.79 Å². The zero-order chi connectivity index (χ0) is 14.4. The predicted molar refractivity (Wildman–Crippen MR) is 80.0 cm³/mol. The Hall–Kier alpha value is -2.42. The normalized spacial score (nSPS) is 11.5. The molecule has 3 nitrogen and oxygen atoms in total. The molecule has 0 saturated carbocycles. The van der Waals surface area contributed by atoms with Gasteiger partial charge < -0.3 is 4.74 Å². The molecule has 0 N–H and O–H groups in total. The van der Waals surface area contributed by atoms with Gasteiger partial charge in [-0.05, 0) is 6.92 Å². The molecule has 0 amide bonds. The minimum atomic E-state index is -0.532. The zero-order valence-electron chi connectivity index (χ0n) is 11.6. The minimum absolute atomic E-state index is 0.339. The van der Waals surface area contributed by atoms with Gasteiger partial charge in [0.15, 0.2) is 0 Å². The van der Waals surface area contributed by atoms with E-state index in [4.69, 9.17) is 4.74 Å². The van der Waals surface area contributed by atoms with Crippen LogP contribution in [0.2, 0.25) is 0 Å². The summed E-state index contributed by atoms with van der Waals surface area (Å²) >= 11 is 0. The first-order valence-electron chi connectivity index (χ1n) is 6.49. The number of methoxy groups -OCH3 is 1. The average Bonchev–Trinajstić information content (AvgIpc) is 2.53. The van der Waals surface area contributed by atoms with E-state index in [0.29, 0.717) is 0 Å². The van der Waals surface area contributed by atoms with Gasteiger partial charge in [0.05, 0.1) is 12.8 Å². The lowest BCUT2D eigenvalue weighted by molar-refractivity contribution is -0.141. The maximum Gasteiger partial charge on any atom is 0.330 e. The van der Waals surface area contributed by atoms with E-state index in [-0.39, 0.29) is 5.97 Å². The summed E-state index contributed by atoms with van der Waals surface area (Å²) in [5, 5.41) is 0. The van der Waals surface area contributed by atoms with Gasteiger partial charge >= 0.3 is 5.97 Å². The van der Waals surface area contributed by atoms with Crippen LogP contribution < -0.4 is 0 Å². The van der Waals surface area contributed by atoms with Gasteiger partial charge in [0, 0.05) is 11.1 Å². The lowest BCUT2D eigenvalue weighted by Gasteiger charge is -2.10. The van der Waals surface area contributed by atoms with E-state index in [1.165, 1.54) is 7.11 Å². The molecule has 0 fully saturated rings. The number of ether oxygens (including phenoxy) is 1. The summed E-state index contributed by atoms with van der Waals surface area (Å²) in [5.41, 5.74) is 2.76. The molecule has 3 heteroatoms. The number of carbonyl (C=O) groups excluding carboxylic acids is 1. The Bertz CT molecular complexity index is 549. The first-order valence-corrected chi connectivity index (χ1v) is 6.49. The van der Waals surface area contributed by atoms with Crippen molar-refractivity contribution in [3.8, 4) is 0 Å². The summed E-state index contributed by atoms with van der Waals surface area (Å²) in [7, 11) is 1.37. The van der Waals surface area contributed by atoms with E-state index in [2.05, 4.69) is 4.99 Å². The Morgan fingerprint density at radius 2 is 1.40 bits per heavy atom. The van der Waals surface area contributed by atoms with Crippen LogP contribution in [0.15, 0.2) is 65.7 Å². The summed E-state index contributed by atoms with van der Waals surface area (Å²) in [6, 6.07) is 19.1. The van der Waals surface area contributed by atoms with Gasteiger partial charge in [0.25, 0.3) is 0 Å². The number of aliphatic imine (C=N–C) groups is 1. The van der Waals surface area contributed by atoms with Gasteiger partial charge in [-0.2, -0.15) is 0 Å². The molecule has 0 aliphatic carbocycles. The fourth-order valence-corrected chi connectivity index (χ4v) is 1.92. The molecule has 0 heterocycles. The molecule has 2 rings (SSSR count). The number of rotatable bonds is 4. The topological polar surface area (TPSA) is 38.7 Å². The largest absolute Gasteiger partial charge is 0.467 e. The highest BCUT2D eigenvalue weighted by Crippen LogP contribution is 2.12. The fourth-order valence-electron chi connectivity index (χ4n) is 1.92. The van der Waals surface area contributed by atoms with Crippen molar-refractivity contribution in [1.82, 2.24) is 0 Å². The highest BCUT2D eigenvalue weighted by molar-refractivity contribution is 6.13. The van der Waals surface area contributed by atoms with Crippen molar-refractivity contribution in [1.29, 1.82) is 0 Å². The fraction of sp³-hybridized carbons (Fsp3) is 0.176. The zero-order valence-corrected chi connectivity index (χ0v) is 11.6. The summed E-state index contributed by atoms with van der Waals surface area (Å²) in [6.45, 7) is 1.73. The highest BCUT2D eigenvalue weighted by Gasteiger charge is 2.14. The monoisotopic (exact) mass is 267 g/mol. The van der Waals surface area contributed by atoms with Crippen LogP contribution >= 0.6 is 0 Å². The van der Waals surface area contributed by atoms with E-state index >= 15 is 0 Å². The number of benzene rings is 2. The Balaban J connectivity index is 2.45. The van der Waals surface area contributed by atoms with Crippen LogP contribution in [-0.4, -0.2) is 24.8 Å². The van der Waals surface area contributed by atoms with Crippen LogP contribution in [0.5, 0.6) is 0 Å². The Morgan fingerprint density at radius 1 is 0.950 bits per heavy atom. The summed E-state index contributed by atoms with van der Waals surface area (Å²) in [5.74, 6) is -0.339. The average molecular weight is 267 g/mol. The number of carbonyl (C=O) groups is 1. The van der Waals surface area contributed by atoms with Crippen molar-refractivity contribution >= 4 is 11.7 Å². The maximum absolute atomic E-state index is 11.6.